The van der Waals surface area contributed by atoms with Crippen LogP contribution in [-0.4, -0.2) is 81.6 Å². The summed E-state index contributed by atoms with van der Waals surface area (Å²) in [6.45, 7) is 10.4. The zero-order valence-corrected chi connectivity index (χ0v) is 32.9. The third-order valence-corrected chi connectivity index (χ3v) is 9.17. The van der Waals surface area contributed by atoms with Crippen LogP contribution in [0.2, 0.25) is 10.0 Å². The molecule has 0 spiro atoms. The maximum atomic E-state index is 6.18. The van der Waals surface area contributed by atoms with Crippen LogP contribution in [0, 0.1) is 0 Å². The van der Waals surface area contributed by atoms with Crippen LogP contribution in [0.1, 0.15) is 26.7 Å². The molecule has 0 aromatic heterocycles. The quantitative estimate of drug-likeness (QED) is 0.134. The second kappa shape index (κ2) is 20.6. The van der Waals surface area contributed by atoms with Crippen molar-refractivity contribution < 1.29 is 28.4 Å². The minimum absolute atomic E-state index is 0.0617. The molecule has 2 aliphatic heterocycles. The van der Waals surface area contributed by atoms with Gasteiger partial charge in [0, 0.05) is 54.4 Å². The molecule has 51 heavy (non-hydrogen) atoms. The van der Waals surface area contributed by atoms with Gasteiger partial charge < -0.3 is 33.7 Å². The normalized spacial score (nSPS) is 19.5. The molecule has 8 nitrogen and oxygen atoms in total. The van der Waals surface area contributed by atoms with Crippen molar-refractivity contribution in [3.05, 3.63) is 107 Å². The Morgan fingerprint density at radius 1 is 0.627 bits per heavy atom. The number of benzene rings is 4. The Labute approximate surface area is 321 Å². The molecule has 0 saturated carbocycles. The van der Waals surface area contributed by atoms with Crippen LogP contribution in [0.5, 0.6) is 34.5 Å². The Hall–Kier alpha value is -3.34. The average Bonchev–Trinajstić information content (AvgIpc) is 3.75. The Kier molecular flexibility index (Phi) is 16.4. The molecular weight excluding hydrogens is 755 g/mol. The fourth-order valence-corrected chi connectivity index (χ4v) is 5.96. The number of nitrogens with one attached hydrogen (secondary N) is 1. The topological polar surface area (TPSA) is 70.7 Å². The zero-order valence-electron chi connectivity index (χ0n) is 29.8. The average molecular weight is 805 g/mol. The van der Waals surface area contributed by atoms with Crippen molar-refractivity contribution in [1.82, 2.24) is 10.2 Å². The minimum Gasteiger partial charge on any atom is -0.497 e. The van der Waals surface area contributed by atoms with Gasteiger partial charge in [0.25, 0.3) is 0 Å². The molecule has 2 saturated heterocycles. The molecule has 276 valence electrons. The van der Waals surface area contributed by atoms with Crippen LogP contribution in [0.25, 0.3) is 0 Å². The van der Waals surface area contributed by atoms with Crippen molar-refractivity contribution in [2.24, 2.45) is 0 Å². The third-order valence-electron chi connectivity index (χ3n) is 8.34. The van der Waals surface area contributed by atoms with E-state index in [0.29, 0.717) is 13.2 Å². The SMILES string of the molecule is CC1(Oc2ccc(Cl)cc2)CCNC1.COc1ccc(OCCBr)cc1.COc1ccc(OCCN2CCC(C)(Oc3ccc(Cl)cc3)C2)cc1. The smallest absolute Gasteiger partial charge is 0.120 e. The van der Waals surface area contributed by atoms with Gasteiger partial charge >= 0.3 is 0 Å². The molecule has 0 amide bonds. The van der Waals surface area contributed by atoms with Crippen LogP contribution in [0.15, 0.2) is 97.1 Å². The van der Waals surface area contributed by atoms with Crippen LogP contribution >= 0.6 is 39.1 Å². The monoisotopic (exact) mass is 802 g/mol. The first kappa shape index (κ1) is 40.4. The van der Waals surface area contributed by atoms with E-state index in [1.807, 2.05) is 97.1 Å². The fraction of sp³-hybridized carbons (Fsp3) is 0.400. The number of rotatable bonds is 13. The van der Waals surface area contributed by atoms with Crippen LogP contribution in [0.4, 0.5) is 0 Å². The maximum absolute atomic E-state index is 6.18. The number of hydrogen-bond acceptors (Lipinski definition) is 8. The Morgan fingerprint density at radius 3 is 1.53 bits per heavy atom. The summed E-state index contributed by atoms with van der Waals surface area (Å²) >= 11 is 15.0. The van der Waals surface area contributed by atoms with E-state index in [1.165, 1.54) is 0 Å². The highest BCUT2D eigenvalue weighted by Crippen LogP contribution is 2.29. The summed E-state index contributed by atoms with van der Waals surface area (Å²) < 4.78 is 33.4. The standard InChI is InChI=1S/C20H24ClNO3.C11H14ClNO.C9H11BrO2/c1-20(25-19-5-3-16(21)4-6-19)11-12-22(15-20)13-14-24-18-9-7-17(23-2)8-10-18;1-11(6-7-13-8-11)14-10-4-2-9(12)3-5-10;1-11-8-2-4-9(5-3-8)12-7-6-10/h3-10H,11-15H2,1-2H3;2-5,13H,6-8H2,1H3;2-5H,6-7H2,1H3. The van der Waals surface area contributed by atoms with E-state index in [9.17, 15) is 0 Å². The number of nitrogens with zero attached hydrogens (tertiary/aromatic N) is 1. The van der Waals surface area contributed by atoms with Crippen LogP contribution in [-0.2, 0) is 0 Å². The fourth-order valence-electron chi connectivity index (χ4n) is 5.55. The van der Waals surface area contributed by atoms with E-state index in [4.69, 9.17) is 51.6 Å². The van der Waals surface area contributed by atoms with Crippen LogP contribution < -0.4 is 33.7 Å². The lowest BCUT2D eigenvalue weighted by molar-refractivity contribution is 0.0935. The van der Waals surface area contributed by atoms with Crippen molar-refractivity contribution in [1.29, 1.82) is 0 Å². The zero-order chi connectivity index (χ0) is 36.5. The second-order valence-corrected chi connectivity index (χ2v) is 14.4. The summed E-state index contributed by atoms with van der Waals surface area (Å²) in [5.74, 6) is 5.17. The van der Waals surface area contributed by atoms with Crippen molar-refractivity contribution in [2.45, 2.75) is 37.9 Å². The van der Waals surface area contributed by atoms with Gasteiger partial charge in [-0.05, 0) is 117 Å². The van der Waals surface area contributed by atoms with Gasteiger partial charge in [-0.3, -0.25) is 4.90 Å². The molecule has 4 aromatic rings. The molecular formula is C40H49BrCl2N2O6. The predicted octanol–water partition coefficient (Wildman–Crippen LogP) is 9.21. The minimum atomic E-state index is -0.173. The van der Waals surface area contributed by atoms with Gasteiger partial charge in [0.1, 0.15) is 52.3 Å². The van der Waals surface area contributed by atoms with Crippen molar-refractivity contribution in [3.8, 4) is 34.5 Å². The molecule has 0 aliphatic carbocycles. The molecule has 6 rings (SSSR count). The molecule has 2 heterocycles. The Morgan fingerprint density at radius 2 is 1.08 bits per heavy atom. The number of ether oxygens (including phenoxy) is 6. The molecule has 2 aliphatic rings. The molecule has 2 atom stereocenters. The molecule has 2 unspecified atom stereocenters. The lowest BCUT2D eigenvalue weighted by atomic mass is 10.1. The summed E-state index contributed by atoms with van der Waals surface area (Å²) in [4.78, 5) is 2.37. The van der Waals surface area contributed by atoms with Gasteiger partial charge in [0.05, 0.1) is 20.8 Å². The van der Waals surface area contributed by atoms with Gasteiger partial charge in [-0.1, -0.05) is 39.1 Å². The molecule has 2 fully saturated rings. The summed E-state index contributed by atoms with van der Waals surface area (Å²) in [6, 6.07) is 30.3. The highest BCUT2D eigenvalue weighted by Gasteiger charge is 2.35. The van der Waals surface area contributed by atoms with Gasteiger partial charge in [-0.2, -0.15) is 0 Å². The summed E-state index contributed by atoms with van der Waals surface area (Å²) in [5, 5.41) is 5.61. The Bertz CT molecular complexity index is 1560. The van der Waals surface area contributed by atoms with E-state index in [1.54, 1.807) is 14.2 Å². The number of methoxy groups -OCH3 is 2. The van der Waals surface area contributed by atoms with Crippen molar-refractivity contribution >= 4 is 39.1 Å². The lowest BCUT2D eigenvalue weighted by Gasteiger charge is -2.26. The number of hydrogen-bond donors (Lipinski definition) is 1. The van der Waals surface area contributed by atoms with Gasteiger partial charge in [-0.25, -0.2) is 0 Å². The van der Waals surface area contributed by atoms with E-state index in [0.717, 1.165) is 95.4 Å². The lowest BCUT2D eigenvalue weighted by Crippen LogP contribution is -2.37. The molecule has 0 bridgehead atoms. The van der Waals surface area contributed by atoms with E-state index >= 15 is 0 Å². The van der Waals surface area contributed by atoms with E-state index in [2.05, 4.69) is 40.0 Å². The molecule has 4 aromatic carbocycles. The molecule has 0 radical (unpaired) electrons. The first-order valence-electron chi connectivity index (χ1n) is 17.0. The van der Waals surface area contributed by atoms with Gasteiger partial charge in [0.15, 0.2) is 0 Å². The summed E-state index contributed by atoms with van der Waals surface area (Å²) in [5.41, 5.74) is -0.234. The van der Waals surface area contributed by atoms with Gasteiger partial charge in [0.2, 0.25) is 0 Å². The number of halogens is 3. The third kappa shape index (κ3) is 14.3. The Balaban J connectivity index is 0.000000189. The summed E-state index contributed by atoms with van der Waals surface area (Å²) in [7, 11) is 3.31. The maximum Gasteiger partial charge on any atom is 0.120 e. The van der Waals surface area contributed by atoms with Gasteiger partial charge in [-0.15, -0.1) is 0 Å². The molecule has 11 heteroatoms. The van der Waals surface area contributed by atoms with Crippen LogP contribution in [0.3, 0.4) is 0 Å². The first-order valence-corrected chi connectivity index (χ1v) is 18.9. The number of alkyl halides is 1. The van der Waals surface area contributed by atoms with E-state index in [-0.39, 0.29) is 11.2 Å². The molecule has 1 N–H and O–H groups in total. The number of likely N-dealkylation sites (tertiary alicyclic amines) is 1. The first-order chi connectivity index (χ1) is 24.6. The van der Waals surface area contributed by atoms with E-state index < -0.39 is 0 Å². The second-order valence-electron chi connectivity index (χ2n) is 12.7. The largest absolute Gasteiger partial charge is 0.497 e. The highest BCUT2D eigenvalue weighted by molar-refractivity contribution is 9.09. The van der Waals surface area contributed by atoms with Crippen molar-refractivity contribution in [2.75, 3.05) is 65.5 Å². The highest BCUT2D eigenvalue weighted by atomic mass is 79.9. The summed E-state index contributed by atoms with van der Waals surface area (Å²) in [6.07, 6.45) is 2.05. The van der Waals surface area contributed by atoms with Crippen molar-refractivity contribution in [3.63, 3.8) is 0 Å². The predicted molar refractivity (Wildman–Crippen MR) is 210 cm³/mol.